The minimum atomic E-state index is -0.402. The number of benzene rings is 2. The third-order valence-electron chi connectivity index (χ3n) is 5.65. The number of nitrogens with zero attached hydrogens (tertiary/aromatic N) is 3. The molecule has 0 saturated carbocycles. The van der Waals surface area contributed by atoms with Gasteiger partial charge in [-0.05, 0) is 39.6 Å². The Balaban J connectivity index is 1.88. The van der Waals surface area contributed by atoms with Gasteiger partial charge in [-0.25, -0.2) is 0 Å². The van der Waals surface area contributed by atoms with Crippen molar-refractivity contribution in [2.24, 2.45) is 0 Å². The predicted octanol–water partition coefficient (Wildman–Crippen LogP) is 3.04. The quantitative estimate of drug-likeness (QED) is 0.626. The van der Waals surface area contributed by atoms with E-state index in [0.717, 1.165) is 22.9 Å². The topological polar surface area (TPSA) is 93.5 Å². The van der Waals surface area contributed by atoms with Crippen LogP contribution in [-0.4, -0.2) is 66.1 Å². The van der Waals surface area contributed by atoms with Gasteiger partial charge in [0.15, 0.2) is 0 Å². The van der Waals surface area contributed by atoms with Crippen molar-refractivity contribution in [1.29, 1.82) is 0 Å². The van der Waals surface area contributed by atoms with Crippen LogP contribution < -0.4 is 9.64 Å². The molecule has 8 nitrogen and oxygen atoms in total. The van der Waals surface area contributed by atoms with Crippen molar-refractivity contribution in [3.8, 4) is 17.2 Å². The van der Waals surface area contributed by atoms with Gasteiger partial charge in [-0.1, -0.05) is 18.2 Å². The molecule has 33 heavy (non-hydrogen) atoms. The number of phenolic OH excluding ortho intramolecular Hbond substituents is 2. The third-order valence-corrected chi connectivity index (χ3v) is 5.65. The van der Waals surface area contributed by atoms with Crippen molar-refractivity contribution in [3.05, 3.63) is 58.7 Å². The van der Waals surface area contributed by atoms with Crippen LogP contribution in [0.4, 0.5) is 5.69 Å². The molecule has 1 heterocycles. The molecule has 2 amide bonds. The summed E-state index contributed by atoms with van der Waals surface area (Å²) in [7, 11) is 5.57. The maximum absolute atomic E-state index is 13.4. The van der Waals surface area contributed by atoms with Crippen molar-refractivity contribution in [2.45, 2.75) is 26.9 Å². The summed E-state index contributed by atoms with van der Waals surface area (Å²) in [5.74, 6) is -0.848. The molecule has 0 bridgehead atoms. The molecule has 0 fully saturated rings. The molecule has 0 spiro atoms. The first-order chi connectivity index (χ1) is 15.6. The maximum Gasteiger partial charge on any atom is 0.262 e. The largest absolute Gasteiger partial charge is 0.507 e. The molecule has 3 rings (SSSR count). The standard InChI is InChI=1S/C25H31N3O5/c1-6-33-24-16(2)20(29)13-21(30)23(24)25(32)28-14-17-9-7-10-19(18(17)15-28)27(5)22(31)11-8-12-26(3)4/h7-11,13,29-30H,6,12,14-15H2,1-5H3/b11-8+. The average molecular weight is 454 g/mol. The number of fused-ring (bicyclic) bond motifs is 1. The van der Waals surface area contributed by atoms with Crippen LogP contribution in [0.15, 0.2) is 36.4 Å². The van der Waals surface area contributed by atoms with Gasteiger partial charge in [-0.3, -0.25) is 9.59 Å². The van der Waals surface area contributed by atoms with E-state index in [-0.39, 0.29) is 41.9 Å². The lowest BCUT2D eigenvalue weighted by molar-refractivity contribution is -0.113. The zero-order chi connectivity index (χ0) is 24.3. The fourth-order valence-electron chi connectivity index (χ4n) is 3.88. The van der Waals surface area contributed by atoms with Crippen LogP contribution in [-0.2, 0) is 17.9 Å². The lowest BCUT2D eigenvalue weighted by atomic mass is 10.1. The number of amides is 2. The van der Waals surface area contributed by atoms with E-state index in [1.165, 1.54) is 0 Å². The Bertz CT molecular complexity index is 1090. The Kier molecular flexibility index (Phi) is 7.28. The summed E-state index contributed by atoms with van der Waals surface area (Å²) in [5, 5.41) is 20.5. The lowest BCUT2D eigenvalue weighted by Crippen LogP contribution is -2.27. The second kappa shape index (κ2) is 9.95. The molecule has 0 saturated heterocycles. The molecular weight excluding hydrogens is 422 g/mol. The summed E-state index contributed by atoms with van der Waals surface area (Å²) in [6, 6.07) is 6.81. The van der Waals surface area contributed by atoms with Crippen molar-refractivity contribution in [2.75, 3.05) is 39.2 Å². The van der Waals surface area contributed by atoms with Gasteiger partial charge >= 0.3 is 0 Å². The average Bonchev–Trinajstić information content (AvgIpc) is 3.21. The Morgan fingerprint density at radius 1 is 1.15 bits per heavy atom. The smallest absolute Gasteiger partial charge is 0.262 e. The number of carbonyl (C=O) groups excluding carboxylic acids is 2. The van der Waals surface area contributed by atoms with Crippen LogP contribution in [0.25, 0.3) is 0 Å². The van der Waals surface area contributed by atoms with Crippen LogP contribution in [0, 0.1) is 6.92 Å². The van der Waals surface area contributed by atoms with Crippen LogP contribution in [0.1, 0.15) is 34.0 Å². The van der Waals surface area contributed by atoms with Gasteiger partial charge in [0.1, 0.15) is 22.8 Å². The van der Waals surface area contributed by atoms with E-state index < -0.39 is 5.91 Å². The number of ether oxygens (including phenoxy) is 1. The SMILES string of the molecule is CCOc1c(C)c(O)cc(O)c1C(=O)N1Cc2cccc(N(C)C(=O)/C=C/CN(C)C)c2C1. The second-order valence-corrected chi connectivity index (χ2v) is 8.31. The summed E-state index contributed by atoms with van der Waals surface area (Å²) in [4.78, 5) is 31.2. The normalized spacial score (nSPS) is 13.0. The molecule has 2 N–H and O–H groups in total. The van der Waals surface area contributed by atoms with E-state index >= 15 is 0 Å². The Morgan fingerprint density at radius 2 is 1.88 bits per heavy atom. The zero-order valence-electron chi connectivity index (χ0n) is 19.8. The fraction of sp³-hybridized carbons (Fsp3) is 0.360. The first kappa shape index (κ1) is 24.1. The highest BCUT2D eigenvalue weighted by Gasteiger charge is 2.32. The van der Waals surface area contributed by atoms with E-state index in [4.69, 9.17) is 4.74 Å². The number of rotatable bonds is 7. The number of carbonyl (C=O) groups is 2. The Morgan fingerprint density at radius 3 is 2.55 bits per heavy atom. The summed E-state index contributed by atoms with van der Waals surface area (Å²) >= 11 is 0. The van der Waals surface area contributed by atoms with Crippen LogP contribution in [0.2, 0.25) is 0 Å². The van der Waals surface area contributed by atoms with Gasteiger partial charge in [-0.15, -0.1) is 0 Å². The van der Waals surface area contributed by atoms with E-state index in [1.54, 1.807) is 36.8 Å². The molecule has 1 aliphatic heterocycles. The number of hydrogen-bond donors (Lipinski definition) is 2. The first-order valence-electron chi connectivity index (χ1n) is 10.8. The summed E-state index contributed by atoms with van der Waals surface area (Å²) in [6.07, 6.45) is 3.35. The highest BCUT2D eigenvalue weighted by Crippen LogP contribution is 2.40. The molecule has 2 aromatic carbocycles. The third kappa shape index (κ3) is 4.96. The summed E-state index contributed by atoms with van der Waals surface area (Å²) in [6.45, 7) is 4.97. The Labute approximate surface area is 194 Å². The molecule has 2 aromatic rings. The molecule has 0 radical (unpaired) electrons. The molecule has 0 aliphatic carbocycles. The van der Waals surface area contributed by atoms with E-state index in [2.05, 4.69) is 0 Å². The van der Waals surface area contributed by atoms with Crippen LogP contribution >= 0.6 is 0 Å². The van der Waals surface area contributed by atoms with E-state index in [1.807, 2.05) is 43.3 Å². The molecule has 0 unspecified atom stereocenters. The molecule has 0 aromatic heterocycles. The number of likely N-dealkylation sites (N-methyl/N-ethyl adjacent to an activating group) is 2. The Hall–Kier alpha value is -3.52. The van der Waals surface area contributed by atoms with E-state index in [0.29, 0.717) is 18.7 Å². The van der Waals surface area contributed by atoms with Gasteiger partial charge in [0.05, 0.1) is 6.61 Å². The fourth-order valence-corrected chi connectivity index (χ4v) is 3.88. The summed E-state index contributed by atoms with van der Waals surface area (Å²) < 4.78 is 5.60. The highest BCUT2D eigenvalue weighted by atomic mass is 16.5. The first-order valence-corrected chi connectivity index (χ1v) is 10.8. The monoisotopic (exact) mass is 453 g/mol. The maximum atomic E-state index is 13.4. The number of anilines is 1. The predicted molar refractivity (Wildman–Crippen MR) is 127 cm³/mol. The molecular formula is C25H31N3O5. The van der Waals surface area contributed by atoms with Crippen molar-refractivity contribution < 1.29 is 24.5 Å². The number of hydrogen-bond acceptors (Lipinski definition) is 6. The van der Waals surface area contributed by atoms with E-state index in [9.17, 15) is 19.8 Å². The molecule has 1 aliphatic rings. The van der Waals surface area contributed by atoms with Crippen LogP contribution in [0.3, 0.4) is 0 Å². The van der Waals surface area contributed by atoms with Gasteiger partial charge < -0.3 is 29.6 Å². The molecule has 8 heteroatoms. The highest BCUT2D eigenvalue weighted by molar-refractivity contribution is 6.03. The van der Waals surface area contributed by atoms with Gasteiger partial charge in [0, 0.05) is 55.6 Å². The van der Waals surface area contributed by atoms with Crippen molar-refractivity contribution in [3.63, 3.8) is 0 Å². The van der Waals surface area contributed by atoms with Crippen molar-refractivity contribution in [1.82, 2.24) is 9.80 Å². The zero-order valence-corrected chi connectivity index (χ0v) is 19.8. The van der Waals surface area contributed by atoms with Gasteiger partial charge in [-0.2, -0.15) is 0 Å². The minimum Gasteiger partial charge on any atom is -0.507 e. The number of phenols is 2. The van der Waals surface area contributed by atoms with Crippen LogP contribution in [0.5, 0.6) is 17.2 Å². The van der Waals surface area contributed by atoms with Gasteiger partial charge in [0.25, 0.3) is 5.91 Å². The summed E-state index contributed by atoms with van der Waals surface area (Å²) in [5.41, 5.74) is 2.97. The lowest BCUT2D eigenvalue weighted by Gasteiger charge is -2.21. The van der Waals surface area contributed by atoms with Crippen molar-refractivity contribution >= 4 is 17.5 Å². The molecule has 176 valence electrons. The minimum absolute atomic E-state index is 0.0255. The second-order valence-electron chi connectivity index (χ2n) is 8.31. The van der Waals surface area contributed by atoms with Gasteiger partial charge in [0.2, 0.25) is 5.91 Å². The molecule has 0 atom stereocenters. The number of aromatic hydroxyl groups is 2.